The Kier molecular flexibility index (Phi) is 6.32. The lowest BCUT2D eigenvalue weighted by Crippen LogP contribution is -2.41. The zero-order chi connectivity index (χ0) is 14.3. The molecule has 0 unspecified atom stereocenters. The van der Waals surface area contributed by atoms with Crippen molar-refractivity contribution < 1.29 is 0 Å². The van der Waals surface area contributed by atoms with E-state index in [1.54, 1.807) is 0 Å². The van der Waals surface area contributed by atoms with Crippen molar-refractivity contribution >= 4 is 5.96 Å². The predicted molar refractivity (Wildman–Crippen MR) is 78.1 cm³/mol. The van der Waals surface area contributed by atoms with E-state index in [2.05, 4.69) is 46.6 Å². The normalized spacial score (nSPS) is 12.0. The average molecular weight is 266 g/mol. The third kappa shape index (κ3) is 5.28. The number of aliphatic imine (C=N–C) groups is 1. The maximum Gasteiger partial charge on any atom is 0.191 e. The molecule has 0 saturated heterocycles. The number of guanidine groups is 1. The number of hydrogen-bond acceptors (Lipinski definition) is 3. The van der Waals surface area contributed by atoms with Crippen LogP contribution in [0.2, 0.25) is 0 Å². The second-order valence-electron chi connectivity index (χ2n) is 4.97. The number of aryl methyl sites for hydroxylation is 1. The van der Waals surface area contributed by atoms with E-state index in [0.717, 1.165) is 30.6 Å². The number of rotatable bonds is 6. The molecule has 0 radical (unpaired) electrons. The largest absolute Gasteiger partial charge is 0.356 e. The fourth-order valence-corrected chi connectivity index (χ4v) is 1.55. The van der Waals surface area contributed by atoms with E-state index in [9.17, 15) is 0 Å². The molecule has 2 N–H and O–H groups in total. The van der Waals surface area contributed by atoms with Crippen molar-refractivity contribution in [3.05, 3.63) is 11.6 Å². The Labute approximate surface area is 115 Å². The molecule has 6 nitrogen and oxygen atoms in total. The summed E-state index contributed by atoms with van der Waals surface area (Å²) in [6.45, 7) is 9.79. The molecule has 1 heterocycles. The van der Waals surface area contributed by atoms with Crippen molar-refractivity contribution in [2.45, 2.75) is 53.1 Å². The fourth-order valence-electron chi connectivity index (χ4n) is 1.55. The van der Waals surface area contributed by atoms with Crippen LogP contribution in [0, 0.1) is 6.92 Å². The summed E-state index contributed by atoms with van der Waals surface area (Å²) in [6.07, 6.45) is 2.31. The molecular formula is C13H26N6. The minimum atomic E-state index is 0.356. The molecule has 0 aliphatic heterocycles. The number of hydrogen-bond donors (Lipinski definition) is 2. The Morgan fingerprint density at radius 2 is 2.11 bits per heavy atom. The van der Waals surface area contributed by atoms with Gasteiger partial charge in [-0.15, -0.1) is 10.2 Å². The van der Waals surface area contributed by atoms with Gasteiger partial charge in [0.05, 0.1) is 0 Å². The highest BCUT2D eigenvalue weighted by atomic mass is 15.3. The molecule has 19 heavy (non-hydrogen) atoms. The Morgan fingerprint density at radius 3 is 2.63 bits per heavy atom. The molecule has 0 aromatic carbocycles. The Hall–Kier alpha value is -1.59. The molecule has 1 aromatic heterocycles. The van der Waals surface area contributed by atoms with Gasteiger partial charge in [-0.1, -0.05) is 13.3 Å². The summed E-state index contributed by atoms with van der Waals surface area (Å²) in [5, 5.41) is 14.8. The minimum Gasteiger partial charge on any atom is -0.356 e. The summed E-state index contributed by atoms with van der Waals surface area (Å²) >= 11 is 0. The third-order valence-electron chi connectivity index (χ3n) is 2.81. The maximum atomic E-state index is 4.55. The van der Waals surface area contributed by atoms with Crippen LogP contribution in [0.15, 0.2) is 4.99 Å². The molecular weight excluding hydrogens is 240 g/mol. The van der Waals surface area contributed by atoms with Crippen LogP contribution in [0.5, 0.6) is 0 Å². The molecule has 0 amide bonds. The van der Waals surface area contributed by atoms with Crippen LogP contribution >= 0.6 is 0 Å². The second kappa shape index (κ2) is 7.76. The quantitative estimate of drug-likeness (QED) is 0.463. The van der Waals surface area contributed by atoms with Gasteiger partial charge in [0.2, 0.25) is 0 Å². The van der Waals surface area contributed by atoms with E-state index < -0.39 is 0 Å². The molecule has 0 saturated carbocycles. The smallest absolute Gasteiger partial charge is 0.191 e. The maximum absolute atomic E-state index is 4.55. The molecule has 0 atom stereocenters. The highest BCUT2D eigenvalue weighted by Crippen LogP contribution is 1.99. The molecule has 0 spiro atoms. The van der Waals surface area contributed by atoms with Gasteiger partial charge in [0.1, 0.15) is 12.4 Å². The van der Waals surface area contributed by atoms with Crippen molar-refractivity contribution in [1.29, 1.82) is 0 Å². The van der Waals surface area contributed by atoms with Gasteiger partial charge in [0.25, 0.3) is 0 Å². The second-order valence-corrected chi connectivity index (χ2v) is 4.97. The Morgan fingerprint density at radius 1 is 1.37 bits per heavy atom. The first-order valence-electron chi connectivity index (χ1n) is 6.94. The summed E-state index contributed by atoms with van der Waals surface area (Å²) in [5.74, 6) is 2.62. The van der Waals surface area contributed by atoms with Crippen LogP contribution in [0.4, 0.5) is 0 Å². The van der Waals surface area contributed by atoms with Crippen LogP contribution in [0.3, 0.4) is 0 Å². The molecule has 1 rings (SSSR count). The van der Waals surface area contributed by atoms with Crippen LogP contribution < -0.4 is 10.6 Å². The van der Waals surface area contributed by atoms with E-state index in [1.807, 2.05) is 18.5 Å². The van der Waals surface area contributed by atoms with Crippen molar-refractivity contribution in [1.82, 2.24) is 25.4 Å². The Balaban J connectivity index is 2.62. The minimum absolute atomic E-state index is 0.356. The summed E-state index contributed by atoms with van der Waals surface area (Å²) in [6, 6.07) is 0.356. The SMILES string of the molecule is CCCCNC(=NCc1nnc(C)n1C)NC(C)C. The topological polar surface area (TPSA) is 67.1 Å². The molecule has 0 fully saturated rings. The van der Waals surface area contributed by atoms with Crippen molar-refractivity contribution in [2.24, 2.45) is 12.0 Å². The van der Waals surface area contributed by atoms with Crippen molar-refractivity contribution in [3.8, 4) is 0 Å². The van der Waals surface area contributed by atoms with Gasteiger partial charge in [0, 0.05) is 19.6 Å². The van der Waals surface area contributed by atoms with Crippen molar-refractivity contribution in [3.63, 3.8) is 0 Å². The van der Waals surface area contributed by atoms with Gasteiger partial charge in [0.15, 0.2) is 11.8 Å². The number of nitrogens with one attached hydrogen (secondary N) is 2. The molecule has 1 aromatic rings. The summed E-state index contributed by atoms with van der Waals surface area (Å²) in [4.78, 5) is 4.55. The molecule has 108 valence electrons. The van der Waals surface area contributed by atoms with E-state index in [1.165, 1.54) is 6.42 Å². The summed E-state index contributed by atoms with van der Waals surface area (Å²) in [7, 11) is 1.96. The highest BCUT2D eigenvalue weighted by molar-refractivity contribution is 5.79. The van der Waals surface area contributed by atoms with E-state index in [-0.39, 0.29) is 0 Å². The first-order valence-corrected chi connectivity index (χ1v) is 6.94. The van der Waals surface area contributed by atoms with E-state index >= 15 is 0 Å². The predicted octanol–water partition coefficient (Wildman–Crippen LogP) is 1.37. The van der Waals surface area contributed by atoms with Crippen LogP contribution in [-0.2, 0) is 13.6 Å². The van der Waals surface area contributed by atoms with Crippen molar-refractivity contribution in [2.75, 3.05) is 6.54 Å². The first-order chi connectivity index (χ1) is 9.04. The zero-order valence-corrected chi connectivity index (χ0v) is 12.7. The summed E-state index contributed by atoms with van der Waals surface area (Å²) < 4.78 is 1.96. The van der Waals surface area contributed by atoms with Crippen LogP contribution in [0.1, 0.15) is 45.3 Å². The molecule has 6 heteroatoms. The fraction of sp³-hybridized carbons (Fsp3) is 0.769. The van der Waals surface area contributed by atoms with Crippen LogP contribution in [0.25, 0.3) is 0 Å². The third-order valence-corrected chi connectivity index (χ3v) is 2.81. The highest BCUT2D eigenvalue weighted by Gasteiger charge is 2.05. The number of unbranched alkanes of at least 4 members (excludes halogenated alkanes) is 1. The average Bonchev–Trinajstić information content (AvgIpc) is 2.67. The number of nitrogens with zero attached hydrogens (tertiary/aromatic N) is 4. The number of aromatic nitrogens is 3. The first kappa shape index (κ1) is 15.5. The molecule has 0 aliphatic rings. The van der Waals surface area contributed by atoms with Gasteiger partial charge in [-0.25, -0.2) is 4.99 Å². The van der Waals surface area contributed by atoms with Gasteiger partial charge in [-0.2, -0.15) is 0 Å². The Bertz CT molecular complexity index is 407. The monoisotopic (exact) mass is 266 g/mol. The summed E-state index contributed by atoms with van der Waals surface area (Å²) in [5.41, 5.74) is 0. The van der Waals surface area contributed by atoms with Crippen LogP contribution in [-0.4, -0.2) is 33.3 Å². The lowest BCUT2D eigenvalue weighted by molar-refractivity contribution is 0.672. The lowest BCUT2D eigenvalue weighted by Gasteiger charge is -2.14. The van der Waals surface area contributed by atoms with E-state index in [0.29, 0.717) is 12.6 Å². The van der Waals surface area contributed by atoms with Gasteiger partial charge >= 0.3 is 0 Å². The van der Waals surface area contributed by atoms with Gasteiger partial charge < -0.3 is 15.2 Å². The van der Waals surface area contributed by atoms with Gasteiger partial charge in [-0.3, -0.25) is 0 Å². The van der Waals surface area contributed by atoms with Gasteiger partial charge in [-0.05, 0) is 27.2 Å². The molecule has 0 aliphatic carbocycles. The zero-order valence-electron chi connectivity index (χ0n) is 12.7. The lowest BCUT2D eigenvalue weighted by atomic mass is 10.3. The standard InChI is InChI=1S/C13H26N6/c1-6-7-8-14-13(16-10(2)3)15-9-12-18-17-11(4)19(12)5/h10H,6-9H2,1-5H3,(H2,14,15,16). The van der Waals surface area contributed by atoms with E-state index in [4.69, 9.17) is 0 Å². The molecule has 0 bridgehead atoms.